The molecule has 9 nitrogen and oxygen atoms in total. The van der Waals surface area contributed by atoms with Crippen molar-refractivity contribution in [3.05, 3.63) is 34.4 Å². The summed E-state index contributed by atoms with van der Waals surface area (Å²) < 4.78 is 15.7. The molecule has 0 aliphatic carbocycles. The van der Waals surface area contributed by atoms with Gasteiger partial charge in [0.05, 0.1) is 33.7 Å². The van der Waals surface area contributed by atoms with E-state index in [1.54, 1.807) is 12.1 Å². The molecule has 1 heterocycles. The summed E-state index contributed by atoms with van der Waals surface area (Å²) in [6.07, 6.45) is 2.86. The Bertz CT molecular complexity index is 703. The topological polar surface area (TPSA) is 111 Å². The van der Waals surface area contributed by atoms with Crippen LogP contribution >= 0.6 is 0 Å². The molecule has 1 aromatic carbocycles. The van der Waals surface area contributed by atoms with Crippen LogP contribution in [-0.2, 0) is 0 Å². The minimum atomic E-state index is -0.562. The Morgan fingerprint density at radius 2 is 1.86 bits per heavy atom. The number of hydrogen-bond acceptors (Lipinski definition) is 8. The van der Waals surface area contributed by atoms with Crippen molar-refractivity contribution in [3.8, 4) is 17.2 Å². The van der Waals surface area contributed by atoms with Crippen LogP contribution in [0.4, 0.5) is 5.82 Å². The normalized spacial score (nSPS) is 10.5. The molecular formula is C13H15N5O4. The number of nitrogens with one attached hydrogen (secondary N) is 2. The van der Waals surface area contributed by atoms with Gasteiger partial charge in [-0.15, -0.1) is 0 Å². The third-order valence-electron chi connectivity index (χ3n) is 2.65. The van der Waals surface area contributed by atoms with Gasteiger partial charge in [-0.05, 0) is 12.1 Å². The lowest BCUT2D eigenvalue weighted by Crippen LogP contribution is -2.13. The van der Waals surface area contributed by atoms with Crippen molar-refractivity contribution >= 4 is 12.0 Å². The first-order valence-electron chi connectivity index (χ1n) is 6.18. The van der Waals surface area contributed by atoms with Crippen LogP contribution in [-0.4, -0.2) is 42.7 Å². The summed E-state index contributed by atoms with van der Waals surface area (Å²) in [7, 11) is 4.59. The Balaban J connectivity index is 2.22. The molecule has 0 aliphatic heterocycles. The minimum Gasteiger partial charge on any atom is -0.493 e. The van der Waals surface area contributed by atoms with Gasteiger partial charge >= 0.3 is 5.69 Å². The first kappa shape index (κ1) is 15.3. The SMILES string of the molecule is COc1cc(/C=N/Nc2cn[nH]c(=O)n2)cc(OC)c1OC. The zero-order valence-electron chi connectivity index (χ0n) is 12.3. The van der Waals surface area contributed by atoms with Gasteiger partial charge in [0.25, 0.3) is 0 Å². The van der Waals surface area contributed by atoms with Crippen LogP contribution in [0.15, 0.2) is 28.2 Å². The minimum absolute atomic E-state index is 0.229. The van der Waals surface area contributed by atoms with E-state index in [0.29, 0.717) is 22.8 Å². The molecule has 2 rings (SSSR count). The lowest BCUT2D eigenvalue weighted by atomic mass is 10.2. The number of aromatic nitrogens is 3. The maximum absolute atomic E-state index is 11.0. The maximum Gasteiger partial charge on any atom is 0.363 e. The highest BCUT2D eigenvalue weighted by atomic mass is 16.5. The second-order valence-electron chi connectivity index (χ2n) is 4.00. The molecule has 22 heavy (non-hydrogen) atoms. The van der Waals surface area contributed by atoms with E-state index >= 15 is 0 Å². The second-order valence-corrected chi connectivity index (χ2v) is 4.00. The van der Waals surface area contributed by atoms with E-state index in [2.05, 4.69) is 25.7 Å². The van der Waals surface area contributed by atoms with Crippen molar-refractivity contribution in [2.75, 3.05) is 26.8 Å². The first-order valence-corrected chi connectivity index (χ1v) is 6.18. The third kappa shape index (κ3) is 3.51. The molecule has 0 spiro atoms. The molecule has 0 atom stereocenters. The van der Waals surface area contributed by atoms with Gasteiger partial charge < -0.3 is 14.2 Å². The van der Waals surface area contributed by atoms with Crippen molar-refractivity contribution in [2.45, 2.75) is 0 Å². The molecular weight excluding hydrogens is 290 g/mol. The average molecular weight is 305 g/mol. The monoisotopic (exact) mass is 305 g/mol. The number of H-pyrrole nitrogens is 1. The van der Waals surface area contributed by atoms with E-state index in [-0.39, 0.29) is 5.82 Å². The molecule has 116 valence electrons. The fourth-order valence-electron chi connectivity index (χ4n) is 1.71. The summed E-state index contributed by atoms with van der Waals surface area (Å²) in [5, 5.41) is 9.74. The Hall–Kier alpha value is -3.10. The molecule has 0 radical (unpaired) electrons. The number of rotatable bonds is 6. The zero-order valence-corrected chi connectivity index (χ0v) is 12.3. The summed E-state index contributed by atoms with van der Waals surface area (Å²) in [5.74, 6) is 1.75. The fraction of sp³-hybridized carbons (Fsp3) is 0.231. The number of anilines is 1. The molecule has 0 saturated carbocycles. The molecule has 0 amide bonds. The third-order valence-corrected chi connectivity index (χ3v) is 2.65. The van der Waals surface area contributed by atoms with E-state index in [1.807, 2.05) is 0 Å². The highest BCUT2D eigenvalue weighted by Crippen LogP contribution is 2.37. The van der Waals surface area contributed by atoms with E-state index in [9.17, 15) is 4.79 Å². The predicted octanol–water partition coefficient (Wildman–Crippen LogP) is 0.637. The molecule has 0 aliphatic rings. The molecule has 0 fully saturated rings. The smallest absolute Gasteiger partial charge is 0.363 e. The molecule has 2 N–H and O–H groups in total. The van der Waals surface area contributed by atoms with Crippen molar-refractivity contribution in [3.63, 3.8) is 0 Å². The van der Waals surface area contributed by atoms with Gasteiger partial charge in [0.2, 0.25) is 5.75 Å². The predicted molar refractivity (Wildman–Crippen MR) is 80.0 cm³/mol. The molecule has 0 saturated heterocycles. The van der Waals surface area contributed by atoms with Crippen LogP contribution in [0.25, 0.3) is 0 Å². The van der Waals surface area contributed by atoms with Gasteiger partial charge in [-0.2, -0.15) is 15.2 Å². The molecule has 0 unspecified atom stereocenters. The standard InChI is InChI=1S/C13H15N5O4/c1-20-9-4-8(5-10(21-2)12(9)22-3)6-14-17-11-7-15-18-13(19)16-11/h4-7H,1-3H3,(H2,16,17,18,19)/b14-6+. The Kier molecular flexibility index (Phi) is 4.91. The van der Waals surface area contributed by atoms with Crippen molar-refractivity contribution < 1.29 is 14.2 Å². The number of methoxy groups -OCH3 is 3. The Labute approximate surface area is 125 Å². The molecule has 2 aromatic rings. The Morgan fingerprint density at radius 1 is 1.18 bits per heavy atom. The fourth-order valence-corrected chi connectivity index (χ4v) is 1.71. The van der Waals surface area contributed by atoms with E-state index in [1.165, 1.54) is 33.7 Å². The van der Waals surface area contributed by atoms with Crippen molar-refractivity contribution in [1.29, 1.82) is 0 Å². The number of hydrazone groups is 1. The van der Waals surface area contributed by atoms with Gasteiger partial charge in [0, 0.05) is 5.56 Å². The maximum atomic E-state index is 11.0. The van der Waals surface area contributed by atoms with Gasteiger partial charge in [-0.3, -0.25) is 5.43 Å². The summed E-state index contributed by atoms with van der Waals surface area (Å²) in [6, 6.07) is 3.46. The van der Waals surface area contributed by atoms with Crippen LogP contribution in [0.2, 0.25) is 0 Å². The highest BCUT2D eigenvalue weighted by Gasteiger charge is 2.12. The van der Waals surface area contributed by atoms with E-state index in [0.717, 1.165) is 0 Å². The molecule has 0 bridgehead atoms. The van der Waals surface area contributed by atoms with Crippen molar-refractivity contribution in [2.24, 2.45) is 5.10 Å². The van der Waals surface area contributed by atoms with Crippen LogP contribution in [0.5, 0.6) is 17.2 Å². The van der Waals surface area contributed by atoms with Gasteiger partial charge in [-0.25, -0.2) is 9.89 Å². The summed E-state index contributed by atoms with van der Waals surface area (Å²) in [4.78, 5) is 14.6. The zero-order chi connectivity index (χ0) is 15.9. The second kappa shape index (κ2) is 7.07. The van der Waals surface area contributed by atoms with Gasteiger partial charge in [0.1, 0.15) is 0 Å². The van der Waals surface area contributed by atoms with Gasteiger partial charge in [-0.1, -0.05) is 0 Å². The lowest BCUT2D eigenvalue weighted by molar-refractivity contribution is 0.324. The number of nitrogens with zero attached hydrogens (tertiary/aromatic N) is 3. The number of ether oxygens (including phenoxy) is 3. The van der Waals surface area contributed by atoms with E-state index in [4.69, 9.17) is 14.2 Å². The van der Waals surface area contributed by atoms with Crippen LogP contribution in [0.3, 0.4) is 0 Å². The molecule has 1 aromatic heterocycles. The quantitative estimate of drug-likeness (QED) is 0.595. The van der Waals surface area contributed by atoms with Crippen LogP contribution < -0.4 is 25.3 Å². The van der Waals surface area contributed by atoms with Crippen LogP contribution in [0.1, 0.15) is 5.56 Å². The summed E-state index contributed by atoms with van der Waals surface area (Å²) in [6.45, 7) is 0. The van der Waals surface area contributed by atoms with Crippen molar-refractivity contribution in [1.82, 2.24) is 15.2 Å². The lowest BCUT2D eigenvalue weighted by Gasteiger charge is -2.12. The van der Waals surface area contributed by atoms with E-state index < -0.39 is 5.69 Å². The molecule has 9 heteroatoms. The number of hydrogen-bond donors (Lipinski definition) is 2. The van der Waals surface area contributed by atoms with Gasteiger partial charge in [0.15, 0.2) is 17.3 Å². The largest absolute Gasteiger partial charge is 0.493 e. The highest BCUT2D eigenvalue weighted by molar-refractivity contribution is 5.82. The number of benzene rings is 1. The number of aromatic amines is 1. The Morgan fingerprint density at radius 3 is 2.41 bits per heavy atom. The average Bonchev–Trinajstić information content (AvgIpc) is 2.53. The first-order chi connectivity index (χ1) is 10.7. The summed E-state index contributed by atoms with van der Waals surface area (Å²) >= 11 is 0. The van der Waals surface area contributed by atoms with Crippen LogP contribution in [0, 0.1) is 0 Å². The summed E-state index contributed by atoms with van der Waals surface area (Å²) in [5.41, 5.74) is 2.75.